The predicted octanol–water partition coefficient (Wildman–Crippen LogP) is 5.30. The summed E-state index contributed by atoms with van der Waals surface area (Å²) in [5.74, 6) is -2.36. The second-order valence-corrected chi connectivity index (χ2v) is 7.42. The fraction of sp³-hybridized carbons (Fsp3) is 0.600. The maximum Gasteiger partial charge on any atom is 0.248 e. The SMILES string of the molecule is Cc1cc(C(Br)C2CC(F)(F)C2)sc1Br. The third kappa shape index (κ3) is 2.44. The summed E-state index contributed by atoms with van der Waals surface area (Å²) in [6.45, 7) is 2.01. The second kappa shape index (κ2) is 4.08. The van der Waals surface area contributed by atoms with Gasteiger partial charge in [-0.05, 0) is 40.4 Å². The smallest absolute Gasteiger partial charge is 0.207 e. The van der Waals surface area contributed by atoms with E-state index in [1.54, 1.807) is 11.3 Å². The highest BCUT2D eigenvalue weighted by molar-refractivity contribution is 9.11. The third-order valence-electron chi connectivity index (χ3n) is 2.68. The van der Waals surface area contributed by atoms with Crippen molar-refractivity contribution in [1.29, 1.82) is 0 Å². The standard InChI is InChI=1S/C10H10Br2F2S/c1-5-2-7(15-9(5)12)8(11)6-3-10(13,14)4-6/h2,6,8H,3-4H2,1H3. The van der Waals surface area contributed by atoms with Crippen LogP contribution in [0.4, 0.5) is 8.78 Å². The van der Waals surface area contributed by atoms with Crippen molar-refractivity contribution in [2.45, 2.75) is 30.5 Å². The lowest BCUT2D eigenvalue weighted by Gasteiger charge is -2.37. The highest BCUT2D eigenvalue weighted by Crippen LogP contribution is 2.52. The highest BCUT2D eigenvalue weighted by atomic mass is 79.9. The van der Waals surface area contributed by atoms with Crippen LogP contribution in [-0.4, -0.2) is 5.92 Å². The summed E-state index contributed by atoms with van der Waals surface area (Å²) in [5, 5.41) is 0. The number of alkyl halides is 3. The molecule has 1 aliphatic carbocycles. The van der Waals surface area contributed by atoms with Crippen molar-refractivity contribution in [1.82, 2.24) is 0 Å². The second-order valence-electron chi connectivity index (χ2n) is 4.03. The highest BCUT2D eigenvalue weighted by Gasteiger charge is 2.48. The van der Waals surface area contributed by atoms with Gasteiger partial charge < -0.3 is 0 Å². The fourth-order valence-corrected chi connectivity index (χ4v) is 4.20. The molecule has 1 aromatic rings. The van der Waals surface area contributed by atoms with Crippen molar-refractivity contribution >= 4 is 43.2 Å². The lowest BCUT2D eigenvalue weighted by atomic mass is 9.79. The molecular weight excluding hydrogens is 350 g/mol. The van der Waals surface area contributed by atoms with E-state index in [4.69, 9.17) is 0 Å². The number of aryl methyl sites for hydroxylation is 1. The van der Waals surface area contributed by atoms with Crippen LogP contribution in [0.2, 0.25) is 0 Å². The van der Waals surface area contributed by atoms with E-state index in [1.807, 2.05) is 6.92 Å². The van der Waals surface area contributed by atoms with Crippen molar-refractivity contribution < 1.29 is 8.78 Å². The quantitative estimate of drug-likeness (QED) is 0.628. The zero-order valence-electron chi connectivity index (χ0n) is 8.07. The molecule has 0 radical (unpaired) electrons. The minimum Gasteiger partial charge on any atom is -0.207 e. The van der Waals surface area contributed by atoms with Gasteiger partial charge in [0.2, 0.25) is 5.92 Å². The summed E-state index contributed by atoms with van der Waals surface area (Å²) < 4.78 is 26.5. The van der Waals surface area contributed by atoms with Crippen LogP contribution in [0, 0.1) is 12.8 Å². The fourth-order valence-electron chi connectivity index (χ4n) is 1.77. The van der Waals surface area contributed by atoms with Gasteiger partial charge >= 0.3 is 0 Å². The Bertz CT molecular complexity index is 348. The van der Waals surface area contributed by atoms with Crippen LogP contribution in [0.1, 0.15) is 28.1 Å². The molecule has 0 saturated heterocycles. The van der Waals surface area contributed by atoms with E-state index in [0.29, 0.717) is 0 Å². The molecular formula is C10H10Br2F2S. The van der Waals surface area contributed by atoms with Crippen molar-refractivity contribution in [2.24, 2.45) is 5.92 Å². The van der Waals surface area contributed by atoms with E-state index in [9.17, 15) is 8.78 Å². The molecule has 0 nitrogen and oxygen atoms in total. The zero-order valence-corrected chi connectivity index (χ0v) is 12.1. The third-order valence-corrected chi connectivity index (χ3v) is 6.45. The molecule has 84 valence electrons. The Balaban J connectivity index is 2.06. The Morgan fingerprint density at radius 2 is 2.13 bits per heavy atom. The minimum atomic E-state index is -2.43. The molecule has 0 aromatic carbocycles. The Morgan fingerprint density at radius 1 is 1.53 bits per heavy atom. The van der Waals surface area contributed by atoms with Gasteiger partial charge in [-0.3, -0.25) is 0 Å². The van der Waals surface area contributed by atoms with Gasteiger partial charge in [0.25, 0.3) is 0 Å². The van der Waals surface area contributed by atoms with E-state index in [1.165, 1.54) is 5.56 Å². The average molecular weight is 360 g/mol. The normalized spacial score (nSPS) is 22.5. The Hall–Kier alpha value is 0.520. The largest absolute Gasteiger partial charge is 0.248 e. The Morgan fingerprint density at radius 3 is 2.53 bits per heavy atom. The first-order valence-corrected chi connectivity index (χ1v) is 7.19. The van der Waals surface area contributed by atoms with E-state index < -0.39 is 5.92 Å². The molecule has 2 rings (SSSR count). The summed E-state index contributed by atoms with van der Waals surface area (Å²) >= 11 is 8.59. The maximum atomic E-state index is 12.7. The van der Waals surface area contributed by atoms with Gasteiger partial charge in [0.15, 0.2) is 0 Å². The average Bonchev–Trinajstić information content (AvgIpc) is 2.42. The molecule has 1 saturated carbocycles. The summed E-state index contributed by atoms with van der Waals surface area (Å²) in [6, 6.07) is 2.06. The number of hydrogen-bond acceptors (Lipinski definition) is 1. The Labute approximate surface area is 108 Å². The Kier molecular flexibility index (Phi) is 3.26. The summed E-state index contributed by atoms with van der Waals surface area (Å²) in [4.78, 5) is 1.21. The van der Waals surface area contributed by atoms with E-state index in [2.05, 4.69) is 37.9 Å². The first kappa shape index (κ1) is 12.0. The topological polar surface area (TPSA) is 0 Å². The molecule has 0 bridgehead atoms. The van der Waals surface area contributed by atoms with Crippen molar-refractivity contribution in [3.05, 3.63) is 20.3 Å². The number of rotatable bonds is 2. The molecule has 1 aliphatic rings. The van der Waals surface area contributed by atoms with Crippen LogP contribution in [0.15, 0.2) is 9.85 Å². The molecule has 1 heterocycles. The molecule has 0 spiro atoms. The lowest BCUT2D eigenvalue weighted by molar-refractivity contribution is -0.109. The first-order valence-electron chi connectivity index (χ1n) is 4.67. The summed E-state index contributed by atoms with van der Waals surface area (Å²) in [6.07, 6.45) is 0.0228. The van der Waals surface area contributed by atoms with Crippen molar-refractivity contribution in [3.63, 3.8) is 0 Å². The number of halogens is 4. The van der Waals surface area contributed by atoms with Gasteiger partial charge in [-0.1, -0.05) is 15.9 Å². The molecule has 0 aliphatic heterocycles. The first-order chi connectivity index (χ1) is 6.89. The molecule has 1 atom stereocenters. The van der Waals surface area contributed by atoms with E-state index in [-0.39, 0.29) is 23.6 Å². The van der Waals surface area contributed by atoms with Gasteiger partial charge in [0.05, 0.1) is 8.61 Å². The summed E-state index contributed by atoms with van der Waals surface area (Å²) in [5.41, 5.74) is 1.17. The molecule has 1 aromatic heterocycles. The maximum absolute atomic E-state index is 12.7. The van der Waals surface area contributed by atoms with Crippen LogP contribution in [0.5, 0.6) is 0 Å². The van der Waals surface area contributed by atoms with Gasteiger partial charge in [-0.25, -0.2) is 8.78 Å². The molecule has 1 unspecified atom stereocenters. The van der Waals surface area contributed by atoms with E-state index >= 15 is 0 Å². The number of thiophene rings is 1. The van der Waals surface area contributed by atoms with Gasteiger partial charge in [0.1, 0.15) is 0 Å². The van der Waals surface area contributed by atoms with Gasteiger partial charge in [-0.15, -0.1) is 11.3 Å². The molecule has 0 N–H and O–H groups in total. The summed E-state index contributed by atoms with van der Waals surface area (Å²) in [7, 11) is 0. The van der Waals surface area contributed by atoms with Gasteiger partial charge in [0, 0.05) is 17.7 Å². The minimum absolute atomic E-state index is 0.0114. The monoisotopic (exact) mass is 358 g/mol. The molecule has 15 heavy (non-hydrogen) atoms. The lowest BCUT2D eigenvalue weighted by Crippen LogP contribution is -2.37. The molecule has 5 heteroatoms. The van der Waals surface area contributed by atoms with Crippen LogP contribution in [-0.2, 0) is 0 Å². The molecule has 1 fully saturated rings. The molecule has 0 amide bonds. The number of hydrogen-bond donors (Lipinski definition) is 0. The van der Waals surface area contributed by atoms with Crippen LogP contribution in [0.25, 0.3) is 0 Å². The predicted molar refractivity (Wildman–Crippen MR) is 66.1 cm³/mol. The zero-order chi connectivity index (χ0) is 11.2. The van der Waals surface area contributed by atoms with Crippen LogP contribution in [0.3, 0.4) is 0 Å². The van der Waals surface area contributed by atoms with Crippen LogP contribution >= 0.6 is 43.2 Å². The van der Waals surface area contributed by atoms with Gasteiger partial charge in [-0.2, -0.15) is 0 Å². The van der Waals surface area contributed by atoms with Crippen molar-refractivity contribution in [3.8, 4) is 0 Å². The van der Waals surface area contributed by atoms with Crippen LogP contribution < -0.4 is 0 Å². The van der Waals surface area contributed by atoms with Crippen molar-refractivity contribution in [2.75, 3.05) is 0 Å². The van der Waals surface area contributed by atoms with E-state index in [0.717, 1.165) is 8.66 Å².